The van der Waals surface area contributed by atoms with E-state index in [0.29, 0.717) is 17.7 Å². The minimum atomic E-state index is -0.387. The van der Waals surface area contributed by atoms with Crippen molar-refractivity contribution in [2.75, 3.05) is 13.7 Å². The minimum Gasteiger partial charge on any atom is -0.469 e. The lowest BCUT2D eigenvalue weighted by Crippen LogP contribution is -2.44. The maximum Gasteiger partial charge on any atom is 0.307 e. The number of ether oxygens (including phenoxy) is 1. The smallest absolute Gasteiger partial charge is 0.307 e. The number of hydrogen-bond donors (Lipinski definition) is 0. The largest absolute Gasteiger partial charge is 0.469 e. The highest BCUT2D eigenvalue weighted by Crippen LogP contribution is 2.23. The topological polar surface area (TPSA) is 46.6 Å². The van der Waals surface area contributed by atoms with Crippen molar-refractivity contribution in [3.8, 4) is 0 Å². The van der Waals surface area contributed by atoms with Crippen molar-refractivity contribution in [1.29, 1.82) is 0 Å². The van der Waals surface area contributed by atoms with Gasteiger partial charge in [-0.05, 0) is 43.9 Å². The summed E-state index contributed by atoms with van der Waals surface area (Å²) in [6.07, 6.45) is 2.84. The quantitative estimate of drug-likeness (QED) is 0.805. The second kappa shape index (κ2) is 6.70. The molecule has 1 amide bonds. The van der Waals surface area contributed by atoms with Crippen LogP contribution in [0.2, 0.25) is 0 Å². The van der Waals surface area contributed by atoms with Gasteiger partial charge in [-0.15, -0.1) is 0 Å². The first kappa shape index (κ1) is 15.5. The lowest BCUT2D eigenvalue weighted by molar-refractivity contribution is -0.142. The molecule has 1 fully saturated rings. The summed E-state index contributed by atoms with van der Waals surface area (Å²) in [5, 5.41) is 0. The van der Waals surface area contributed by atoms with Gasteiger partial charge in [-0.2, -0.15) is 0 Å². The number of methoxy groups -OCH3 is 1. The maximum absolute atomic E-state index is 13.6. The van der Waals surface area contributed by atoms with Crippen molar-refractivity contribution in [3.63, 3.8) is 0 Å². The van der Waals surface area contributed by atoms with Crippen LogP contribution in [0.1, 0.15) is 41.6 Å². The fourth-order valence-electron chi connectivity index (χ4n) is 2.65. The zero-order valence-corrected chi connectivity index (χ0v) is 12.4. The molecule has 114 valence electrons. The summed E-state index contributed by atoms with van der Waals surface area (Å²) >= 11 is 0. The molecule has 4 nitrogen and oxygen atoms in total. The molecule has 21 heavy (non-hydrogen) atoms. The van der Waals surface area contributed by atoms with E-state index in [9.17, 15) is 14.0 Å². The number of carbonyl (C=O) groups is 2. The van der Waals surface area contributed by atoms with Crippen LogP contribution < -0.4 is 0 Å². The number of likely N-dealkylation sites (tertiary alicyclic amines) is 1. The van der Waals surface area contributed by atoms with Gasteiger partial charge in [0.2, 0.25) is 0 Å². The monoisotopic (exact) mass is 293 g/mol. The molecule has 1 saturated heterocycles. The summed E-state index contributed by atoms with van der Waals surface area (Å²) < 4.78 is 18.3. The van der Waals surface area contributed by atoms with Gasteiger partial charge in [0.25, 0.3) is 5.91 Å². The van der Waals surface area contributed by atoms with E-state index in [4.69, 9.17) is 0 Å². The maximum atomic E-state index is 13.6. The normalized spacial score (nSPS) is 18.4. The van der Waals surface area contributed by atoms with E-state index in [1.54, 1.807) is 24.0 Å². The molecule has 1 unspecified atom stereocenters. The highest BCUT2D eigenvalue weighted by Gasteiger charge is 2.29. The Bertz CT molecular complexity index is 544. The van der Waals surface area contributed by atoms with Gasteiger partial charge in [0.05, 0.1) is 13.5 Å². The zero-order valence-electron chi connectivity index (χ0n) is 12.4. The Morgan fingerprint density at radius 3 is 2.81 bits per heavy atom. The van der Waals surface area contributed by atoms with Gasteiger partial charge < -0.3 is 9.64 Å². The summed E-state index contributed by atoms with van der Waals surface area (Å²) in [4.78, 5) is 25.7. The van der Waals surface area contributed by atoms with Crippen molar-refractivity contribution in [3.05, 3.63) is 35.1 Å². The second-order valence-electron chi connectivity index (χ2n) is 5.39. The number of benzene rings is 1. The van der Waals surface area contributed by atoms with E-state index in [1.165, 1.54) is 13.2 Å². The van der Waals surface area contributed by atoms with E-state index < -0.39 is 0 Å². The van der Waals surface area contributed by atoms with Crippen molar-refractivity contribution >= 4 is 11.9 Å². The molecule has 1 aliphatic heterocycles. The lowest BCUT2D eigenvalue weighted by Gasteiger charge is -2.35. The van der Waals surface area contributed by atoms with Gasteiger partial charge in [-0.3, -0.25) is 9.59 Å². The van der Waals surface area contributed by atoms with Crippen LogP contribution in [0.15, 0.2) is 18.2 Å². The Balaban J connectivity index is 2.17. The predicted octanol–water partition coefficient (Wildman–Crippen LogP) is 2.69. The van der Waals surface area contributed by atoms with Crippen molar-refractivity contribution in [2.45, 2.75) is 38.6 Å². The highest BCUT2D eigenvalue weighted by atomic mass is 19.1. The standard InChI is InChI=1S/C16H20FNO3/c1-11-6-7-12(9-14(11)17)16(20)18-8-4-3-5-13(18)10-15(19)21-2/h6-7,9,13H,3-5,8,10H2,1-2H3. The van der Waals surface area contributed by atoms with Gasteiger partial charge in [0.1, 0.15) is 5.82 Å². The second-order valence-corrected chi connectivity index (χ2v) is 5.39. The molecular weight excluding hydrogens is 273 g/mol. The van der Waals surface area contributed by atoms with Gasteiger partial charge in [0, 0.05) is 18.2 Å². The molecule has 1 heterocycles. The first-order valence-electron chi connectivity index (χ1n) is 7.17. The van der Waals surface area contributed by atoms with Crippen LogP contribution in [-0.2, 0) is 9.53 Å². The molecule has 2 rings (SSSR count). The number of esters is 1. The van der Waals surface area contributed by atoms with Gasteiger partial charge in [0.15, 0.2) is 0 Å². The molecule has 5 heteroatoms. The van der Waals surface area contributed by atoms with Crippen LogP contribution in [0.3, 0.4) is 0 Å². The van der Waals surface area contributed by atoms with Crippen LogP contribution in [0.5, 0.6) is 0 Å². The fraction of sp³-hybridized carbons (Fsp3) is 0.500. The number of hydrogen-bond acceptors (Lipinski definition) is 3. The average molecular weight is 293 g/mol. The molecule has 0 aliphatic carbocycles. The number of rotatable bonds is 3. The minimum absolute atomic E-state index is 0.164. The molecule has 0 aromatic heterocycles. The summed E-state index contributed by atoms with van der Waals surface area (Å²) in [7, 11) is 1.34. The third-order valence-electron chi connectivity index (χ3n) is 3.94. The Kier molecular flexibility index (Phi) is 4.94. The number of amides is 1. The number of nitrogens with zero attached hydrogens (tertiary/aromatic N) is 1. The third-order valence-corrected chi connectivity index (χ3v) is 3.94. The first-order chi connectivity index (χ1) is 10.0. The lowest BCUT2D eigenvalue weighted by atomic mass is 9.98. The van der Waals surface area contributed by atoms with Crippen molar-refractivity contribution < 1.29 is 18.7 Å². The highest BCUT2D eigenvalue weighted by molar-refractivity contribution is 5.94. The fourth-order valence-corrected chi connectivity index (χ4v) is 2.65. The molecule has 0 saturated carbocycles. The molecular formula is C16H20FNO3. The Morgan fingerprint density at radius 2 is 2.14 bits per heavy atom. The van der Waals surface area contributed by atoms with Crippen LogP contribution in [-0.4, -0.2) is 36.5 Å². The molecule has 0 spiro atoms. The number of piperidine rings is 1. The van der Waals surface area contributed by atoms with Gasteiger partial charge in [-0.1, -0.05) is 6.07 Å². The van der Waals surface area contributed by atoms with Gasteiger partial charge in [-0.25, -0.2) is 4.39 Å². The SMILES string of the molecule is COC(=O)CC1CCCCN1C(=O)c1ccc(C)c(F)c1. The third kappa shape index (κ3) is 3.60. The van der Waals surface area contributed by atoms with Crippen LogP contribution in [0.25, 0.3) is 0 Å². The zero-order chi connectivity index (χ0) is 15.4. The van der Waals surface area contributed by atoms with Gasteiger partial charge >= 0.3 is 5.97 Å². The van der Waals surface area contributed by atoms with Crippen LogP contribution in [0.4, 0.5) is 4.39 Å². The average Bonchev–Trinajstić information content (AvgIpc) is 2.49. The van der Waals surface area contributed by atoms with Crippen LogP contribution in [0, 0.1) is 12.7 Å². The summed E-state index contributed by atoms with van der Waals surface area (Å²) in [5.74, 6) is -0.931. The van der Waals surface area contributed by atoms with E-state index in [-0.39, 0.29) is 30.2 Å². The van der Waals surface area contributed by atoms with Crippen molar-refractivity contribution in [2.24, 2.45) is 0 Å². The summed E-state index contributed by atoms with van der Waals surface area (Å²) in [6.45, 7) is 2.25. The molecule has 0 bridgehead atoms. The molecule has 1 aromatic rings. The Labute approximate surface area is 123 Å². The first-order valence-corrected chi connectivity index (χ1v) is 7.17. The number of halogens is 1. The molecule has 0 N–H and O–H groups in total. The number of carbonyl (C=O) groups excluding carboxylic acids is 2. The van der Waals surface area contributed by atoms with E-state index in [2.05, 4.69) is 4.74 Å². The summed E-state index contributed by atoms with van der Waals surface area (Å²) in [6, 6.07) is 4.33. The molecule has 1 aromatic carbocycles. The number of aryl methyl sites for hydroxylation is 1. The predicted molar refractivity (Wildman–Crippen MR) is 76.4 cm³/mol. The molecule has 1 atom stereocenters. The van der Waals surface area contributed by atoms with E-state index in [1.807, 2.05) is 0 Å². The van der Waals surface area contributed by atoms with E-state index in [0.717, 1.165) is 19.3 Å². The Hall–Kier alpha value is -1.91. The van der Waals surface area contributed by atoms with E-state index >= 15 is 0 Å². The molecule has 1 aliphatic rings. The summed E-state index contributed by atoms with van der Waals surface area (Å²) in [5.41, 5.74) is 0.839. The molecule has 0 radical (unpaired) electrons. The van der Waals surface area contributed by atoms with Crippen molar-refractivity contribution in [1.82, 2.24) is 4.90 Å². The van der Waals surface area contributed by atoms with Crippen LogP contribution >= 0.6 is 0 Å². The Morgan fingerprint density at radius 1 is 1.38 bits per heavy atom.